The number of carbonyl (C=O) groups excluding carboxylic acids is 2. The summed E-state index contributed by atoms with van der Waals surface area (Å²) in [5.41, 5.74) is 8.28. The second kappa shape index (κ2) is 9.27. The summed E-state index contributed by atoms with van der Waals surface area (Å²) in [5, 5.41) is 13.4. The fourth-order valence-electron chi connectivity index (χ4n) is 3.08. The van der Waals surface area contributed by atoms with E-state index in [0.29, 0.717) is 33.6 Å². The van der Waals surface area contributed by atoms with Gasteiger partial charge in [-0.1, -0.05) is 35.9 Å². The molecule has 0 bridgehead atoms. The van der Waals surface area contributed by atoms with E-state index in [1.54, 1.807) is 48.5 Å². The van der Waals surface area contributed by atoms with Gasteiger partial charge in [-0.25, -0.2) is 4.98 Å². The molecule has 2 amide bonds. The first-order valence-corrected chi connectivity index (χ1v) is 9.93. The first kappa shape index (κ1) is 21.0. The molecule has 10 heteroatoms. The minimum atomic E-state index is -0.652. The second-order valence-electron chi connectivity index (χ2n) is 6.83. The van der Waals surface area contributed by atoms with Crippen molar-refractivity contribution in [3.8, 4) is 11.3 Å². The van der Waals surface area contributed by atoms with Crippen molar-refractivity contribution < 1.29 is 9.59 Å². The van der Waals surface area contributed by atoms with Crippen LogP contribution in [-0.2, 0) is 11.2 Å². The minimum absolute atomic E-state index is 0.159. The lowest BCUT2D eigenvalue weighted by Crippen LogP contribution is -2.14. The molecule has 9 nitrogen and oxygen atoms in total. The van der Waals surface area contributed by atoms with Gasteiger partial charge in [-0.05, 0) is 29.8 Å². The molecule has 4 aromatic rings. The summed E-state index contributed by atoms with van der Waals surface area (Å²) in [5.74, 6) is -0.0640. The van der Waals surface area contributed by atoms with Crippen molar-refractivity contribution in [2.75, 3.05) is 10.6 Å². The number of rotatable bonds is 7. The Morgan fingerprint density at radius 1 is 1.03 bits per heavy atom. The Labute approximate surface area is 188 Å². The summed E-state index contributed by atoms with van der Waals surface area (Å²) in [4.78, 5) is 32.5. The highest BCUT2D eigenvalue weighted by atomic mass is 35.5. The molecular weight excluding hydrogens is 430 g/mol. The largest absolute Gasteiger partial charge is 0.365 e. The average Bonchev–Trinajstić information content (AvgIpc) is 3.20. The fourth-order valence-corrected chi connectivity index (χ4v) is 3.20. The molecule has 4 rings (SSSR count). The van der Waals surface area contributed by atoms with E-state index in [4.69, 9.17) is 17.3 Å². The molecular formula is C22H18ClN7O2. The molecule has 0 saturated carbocycles. The third kappa shape index (κ3) is 4.90. The molecule has 2 aromatic carbocycles. The van der Waals surface area contributed by atoms with Gasteiger partial charge in [0.25, 0.3) is 5.91 Å². The quantitative estimate of drug-likeness (QED) is 0.341. The number of aromatic nitrogens is 4. The molecule has 0 aliphatic carbocycles. The van der Waals surface area contributed by atoms with Crippen LogP contribution in [0.2, 0.25) is 5.02 Å². The summed E-state index contributed by atoms with van der Waals surface area (Å²) in [6, 6.07) is 14.0. The van der Waals surface area contributed by atoms with Gasteiger partial charge in [0.15, 0.2) is 0 Å². The Morgan fingerprint density at radius 2 is 1.78 bits per heavy atom. The molecule has 32 heavy (non-hydrogen) atoms. The van der Waals surface area contributed by atoms with E-state index < -0.39 is 5.91 Å². The van der Waals surface area contributed by atoms with Crippen LogP contribution in [0.4, 0.5) is 17.3 Å². The van der Waals surface area contributed by atoms with E-state index >= 15 is 0 Å². The topological polar surface area (TPSA) is 139 Å². The van der Waals surface area contributed by atoms with E-state index in [1.807, 2.05) is 0 Å². The molecule has 2 aromatic heterocycles. The Bertz CT molecular complexity index is 1240. The number of halogens is 1. The van der Waals surface area contributed by atoms with E-state index in [0.717, 1.165) is 5.56 Å². The number of nitrogens with one attached hydrogen (secondary N) is 3. The van der Waals surface area contributed by atoms with Gasteiger partial charge in [0.1, 0.15) is 22.9 Å². The number of H-pyrrole nitrogens is 1. The van der Waals surface area contributed by atoms with Crippen molar-refractivity contribution in [2.24, 2.45) is 5.73 Å². The zero-order valence-corrected chi connectivity index (χ0v) is 17.4. The van der Waals surface area contributed by atoms with Gasteiger partial charge < -0.3 is 16.4 Å². The van der Waals surface area contributed by atoms with Crippen LogP contribution in [0.25, 0.3) is 11.3 Å². The lowest BCUT2D eigenvalue weighted by atomic mass is 10.1. The van der Waals surface area contributed by atoms with Crippen LogP contribution in [0.1, 0.15) is 15.9 Å². The Balaban J connectivity index is 1.49. The number of amides is 2. The Hall–Kier alpha value is -4.24. The van der Waals surface area contributed by atoms with E-state index in [2.05, 4.69) is 30.8 Å². The van der Waals surface area contributed by atoms with Crippen LogP contribution < -0.4 is 16.4 Å². The first-order chi connectivity index (χ1) is 15.5. The molecule has 0 fully saturated rings. The zero-order chi connectivity index (χ0) is 22.5. The highest BCUT2D eigenvalue weighted by Crippen LogP contribution is 2.28. The molecule has 0 aliphatic heterocycles. The van der Waals surface area contributed by atoms with Gasteiger partial charge in [-0.3, -0.25) is 19.7 Å². The number of hydrogen-bond donors (Lipinski definition) is 4. The van der Waals surface area contributed by atoms with Crippen molar-refractivity contribution in [1.82, 2.24) is 20.2 Å². The van der Waals surface area contributed by atoms with Crippen molar-refractivity contribution in [3.63, 3.8) is 0 Å². The fraction of sp³-hybridized carbons (Fsp3) is 0.0455. The highest BCUT2D eigenvalue weighted by Gasteiger charge is 2.20. The number of aromatic amines is 1. The third-order valence-corrected chi connectivity index (χ3v) is 4.80. The van der Waals surface area contributed by atoms with Crippen LogP contribution in [0.3, 0.4) is 0 Å². The summed E-state index contributed by atoms with van der Waals surface area (Å²) in [6.07, 6.45) is 4.78. The lowest BCUT2D eigenvalue weighted by molar-refractivity contribution is -0.115. The summed E-state index contributed by atoms with van der Waals surface area (Å²) in [7, 11) is 0. The van der Waals surface area contributed by atoms with E-state index in [9.17, 15) is 9.59 Å². The van der Waals surface area contributed by atoms with Crippen LogP contribution >= 0.6 is 11.6 Å². The van der Waals surface area contributed by atoms with Crippen LogP contribution in [0.15, 0.2) is 67.1 Å². The molecule has 0 atom stereocenters. The van der Waals surface area contributed by atoms with Gasteiger partial charge in [0.05, 0.1) is 12.6 Å². The number of nitrogens with two attached hydrogens (primary N) is 1. The molecule has 0 saturated heterocycles. The van der Waals surface area contributed by atoms with Crippen LogP contribution in [-0.4, -0.2) is 32.0 Å². The molecule has 0 unspecified atom stereocenters. The van der Waals surface area contributed by atoms with Crippen molar-refractivity contribution in [1.29, 1.82) is 0 Å². The summed E-state index contributed by atoms with van der Waals surface area (Å²) < 4.78 is 0. The predicted octanol–water partition coefficient (Wildman–Crippen LogP) is 3.54. The molecule has 5 N–H and O–H groups in total. The van der Waals surface area contributed by atoms with Gasteiger partial charge in [0.2, 0.25) is 5.91 Å². The smallest absolute Gasteiger partial charge is 0.254 e. The number of benzene rings is 2. The highest BCUT2D eigenvalue weighted by molar-refractivity contribution is 6.30. The molecule has 0 spiro atoms. The SMILES string of the molecule is NC(=O)c1c(-c2ccc(NC(=O)Cc3ccc(Cl)cc3)cc2)n[nH]c1Nc1cnccn1. The maximum absolute atomic E-state index is 12.3. The van der Waals surface area contributed by atoms with E-state index in [1.165, 1.54) is 18.6 Å². The Morgan fingerprint density at radius 3 is 2.44 bits per heavy atom. The average molecular weight is 448 g/mol. The Kier molecular flexibility index (Phi) is 6.09. The number of carbonyl (C=O) groups is 2. The molecule has 0 aliphatic rings. The van der Waals surface area contributed by atoms with Gasteiger partial charge >= 0.3 is 0 Å². The van der Waals surface area contributed by atoms with Crippen LogP contribution in [0, 0.1) is 0 Å². The van der Waals surface area contributed by atoms with Crippen molar-refractivity contribution >= 4 is 40.7 Å². The van der Waals surface area contributed by atoms with Crippen molar-refractivity contribution in [2.45, 2.75) is 6.42 Å². The maximum atomic E-state index is 12.3. The summed E-state index contributed by atoms with van der Waals surface area (Å²) in [6.45, 7) is 0. The van der Waals surface area contributed by atoms with Gasteiger partial charge in [-0.2, -0.15) is 5.10 Å². The first-order valence-electron chi connectivity index (χ1n) is 9.55. The number of nitrogens with zero attached hydrogens (tertiary/aromatic N) is 3. The minimum Gasteiger partial charge on any atom is -0.365 e. The van der Waals surface area contributed by atoms with Gasteiger partial charge in [-0.15, -0.1) is 0 Å². The second-order valence-corrected chi connectivity index (χ2v) is 7.27. The molecule has 2 heterocycles. The number of anilines is 3. The molecule has 160 valence electrons. The lowest BCUT2D eigenvalue weighted by Gasteiger charge is -2.07. The molecule has 0 radical (unpaired) electrons. The predicted molar refractivity (Wildman–Crippen MR) is 122 cm³/mol. The monoisotopic (exact) mass is 447 g/mol. The maximum Gasteiger partial charge on any atom is 0.254 e. The summed E-state index contributed by atoms with van der Waals surface area (Å²) >= 11 is 5.87. The zero-order valence-electron chi connectivity index (χ0n) is 16.7. The standard InChI is InChI=1S/C22H18ClN7O2/c23-15-5-1-13(2-6-15)11-18(31)27-16-7-3-14(4-8-16)20-19(21(24)32)22(30-29-20)28-17-12-25-9-10-26-17/h1-10,12H,11H2,(H2,24,32)(H,27,31)(H2,26,28,29,30). The normalized spacial score (nSPS) is 10.5. The number of hydrogen-bond acceptors (Lipinski definition) is 6. The van der Waals surface area contributed by atoms with Crippen LogP contribution in [0.5, 0.6) is 0 Å². The van der Waals surface area contributed by atoms with Gasteiger partial charge in [0, 0.05) is 28.7 Å². The van der Waals surface area contributed by atoms with Crippen molar-refractivity contribution in [3.05, 3.63) is 83.3 Å². The number of primary amides is 1. The third-order valence-electron chi connectivity index (χ3n) is 4.55. The van der Waals surface area contributed by atoms with E-state index in [-0.39, 0.29) is 17.9 Å².